The molecule has 0 saturated carbocycles. The molecule has 4 rings (SSSR count). The van der Waals surface area contributed by atoms with Gasteiger partial charge >= 0.3 is 0 Å². The number of hydrogen-bond acceptors (Lipinski definition) is 5. The van der Waals surface area contributed by atoms with E-state index >= 15 is 0 Å². The highest BCUT2D eigenvalue weighted by atomic mass is 16.5. The SMILES string of the molecule is Cc1c(COCCCCOc2ccc(C#N)cc2)nc2ccccc2c1OCc1ccccc1. The first-order chi connectivity index (χ1) is 16.7. The molecule has 0 unspecified atom stereocenters. The van der Waals surface area contributed by atoms with Gasteiger partial charge in [0.1, 0.15) is 18.1 Å². The lowest BCUT2D eigenvalue weighted by Gasteiger charge is -2.16. The Hall–Kier alpha value is -3.88. The number of nitriles is 1. The fourth-order valence-electron chi connectivity index (χ4n) is 3.67. The van der Waals surface area contributed by atoms with E-state index in [0.29, 0.717) is 32.0 Å². The molecular formula is C29H28N2O3. The second-order valence-electron chi connectivity index (χ2n) is 8.05. The predicted molar refractivity (Wildman–Crippen MR) is 133 cm³/mol. The van der Waals surface area contributed by atoms with E-state index in [1.165, 1.54) is 0 Å². The maximum absolute atomic E-state index is 8.85. The number of pyridine rings is 1. The molecule has 0 aliphatic rings. The van der Waals surface area contributed by atoms with Crippen molar-refractivity contribution in [3.63, 3.8) is 0 Å². The standard InChI is InChI=1S/C29H28N2O3/c1-22-28(21-32-17-7-8-18-33-25-15-13-23(19-30)14-16-25)31-27-12-6-5-11-26(27)29(22)34-20-24-9-3-2-4-10-24/h2-6,9-16H,7-8,17-18,20-21H2,1H3. The second-order valence-corrected chi connectivity index (χ2v) is 8.05. The Labute approximate surface area is 200 Å². The van der Waals surface area contributed by atoms with Gasteiger partial charge < -0.3 is 14.2 Å². The van der Waals surface area contributed by atoms with Gasteiger partial charge in [-0.15, -0.1) is 0 Å². The molecule has 5 heteroatoms. The van der Waals surface area contributed by atoms with Crippen LogP contribution in [0.25, 0.3) is 10.9 Å². The Balaban J connectivity index is 1.30. The molecule has 4 aromatic rings. The molecule has 0 fully saturated rings. The molecule has 0 N–H and O–H groups in total. The highest BCUT2D eigenvalue weighted by Crippen LogP contribution is 2.31. The van der Waals surface area contributed by atoms with Crippen molar-refractivity contribution in [3.8, 4) is 17.6 Å². The largest absolute Gasteiger partial charge is 0.494 e. The number of rotatable bonds is 11. The summed E-state index contributed by atoms with van der Waals surface area (Å²) in [7, 11) is 0. The van der Waals surface area contributed by atoms with Crippen LogP contribution >= 0.6 is 0 Å². The van der Waals surface area contributed by atoms with Crippen LogP contribution < -0.4 is 9.47 Å². The van der Waals surface area contributed by atoms with E-state index in [1.54, 1.807) is 12.1 Å². The van der Waals surface area contributed by atoms with Gasteiger partial charge in [-0.1, -0.05) is 42.5 Å². The van der Waals surface area contributed by atoms with E-state index in [9.17, 15) is 0 Å². The van der Waals surface area contributed by atoms with Crippen molar-refractivity contribution in [2.24, 2.45) is 0 Å². The van der Waals surface area contributed by atoms with Crippen molar-refractivity contribution in [2.45, 2.75) is 33.0 Å². The van der Waals surface area contributed by atoms with E-state index in [-0.39, 0.29) is 0 Å². The van der Waals surface area contributed by atoms with Gasteiger partial charge in [0.25, 0.3) is 0 Å². The van der Waals surface area contributed by atoms with Gasteiger partial charge in [-0.2, -0.15) is 5.26 Å². The Morgan fingerprint density at radius 1 is 0.794 bits per heavy atom. The van der Waals surface area contributed by atoms with Crippen LogP contribution in [-0.4, -0.2) is 18.2 Å². The normalized spacial score (nSPS) is 10.7. The molecule has 0 saturated heterocycles. The lowest BCUT2D eigenvalue weighted by atomic mass is 10.1. The minimum absolute atomic E-state index is 0.439. The molecular weight excluding hydrogens is 424 g/mol. The van der Waals surface area contributed by atoms with Crippen LogP contribution in [0, 0.1) is 18.3 Å². The topological polar surface area (TPSA) is 64.4 Å². The molecule has 0 aliphatic carbocycles. The number of aromatic nitrogens is 1. The van der Waals surface area contributed by atoms with Gasteiger partial charge in [0.05, 0.1) is 36.1 Å². The van der Waals surface area contributed by atoms with Gasteiger partial charge in [-0.25, -0.2) is 4.98 Å². The minimum atomic E-state index is 0.439. The van der Waals surface area contributed by atoms with Crippen LogP contribution in [-0.2, 0) is 18.0 Å². The number of nitrogens with zero attached hydrogens (tertiary/aromatic N) is 2. The van der Waals surface area contributed by atoms with Gasteiger partial charge in [-0.3, -0.25) is 0 Å². The summed E-state index contributed by atoms with van der Waals surface area (Å²) in [4.78, 5) is 4.83. The molecule has 0 spiro atoms. The number of para-hydroxylation sites is 1. The van der Waals surface area contributed by atoms with Crippen LogP contribution in [0.4, 0.5) is 0 Å². The van der Waals surface area contributed by atoms with Crippen LogP contribution in [0.2, 0.25) is 0 Å². The summed E-state index contributed by atoms with van der Waals surface area (Å²) in [5.41, 5.74) is 4.58. The molecule has 1 heterocycles. The second kappa shape index (κ2) is 11.8. The third kappa shape index (κ3) is 6.12. The van der Waals surface area contributed by atoms with Crippen LogP contribution in [0.1, 0.15) is 35.2 Å². The maximum Gasteiger partial charge on any atom is 0.134 e. The smallest absolute Gasteiger partial charge is 0.134 e. The number of hydrogen-bond donors (Lipinski definition) is 0. The number of unbranched alkanes of at least 4 members (excludes halogenated alkanes) is 1. The third-order valence-corrected chi connectivity index (χ3v) is 5.58. The highest BCUT2D eigenvalue weighted by molar-refractivity contribution is 5.86. The Kier molecular flexibility index (Phi) is 8.10. The molecule has 5 nitrogen and oxygen atoms in total. The molecule has 0 aliphatic heterocycles. The third-order valence-electron chi connectivity index (χ3n) is 5.58. The molecule has 1 aromatic heterocycles. The van der Waals surface area contributed by atoms with Crippen molar-refractivity contribution in [1.29, 1.82) is 5.26 Å². The highest BCUT2D eigenvalue weighted by Gasteiger charge is 2.13. The predicted octanol–water partition coefficient (Wildman–Crippen LogP) is 6.37. The van der Waals surface area contributed by atoms with Crippen LogP contribution in [0.15, 0.2) is 78.9 Å². The average Bonchev–Trinajstić information content (AvgIpc) is 2.89. The summed E-state index contributed by atoms with van der Waals surface area (Å²) in [6.07, 6.45) is 1.77. The van der Waals surface area contributed by atoms with Crippen molar-refractivity contribution in [3.05, 3.63) is 101 Å². The Bertz CT molecular complexity index is 1250. The van der Waals surface area contributed by atoms with Crippen molar-refractivity contribution < 1.29 is 14.2 Å². The summed E-state index contributed by atoms with van der Waals surface area (Å²) >= 11 is 0. The van der Waals surface area contributed by atoms with Gasteiger partial charge in [0, 0.05) is 17.6 Å². The zero-order chi connectivity index (χ0) is 23.6. The van der Waals surface area contributed by atoms with E-state index in [1.807, 2.05) is 61.5 Å². The zero-order valence-electron chi connectivity index (χ0n) is 19.4. The molecule has 0 atom stereocenters. The summed E-state index contributed by atoms with van der Waals surface area (Å²) in [5.74, 6) is 1.64. The van der Waals surface area contributed by atoms with Gasteiger partial charge in [0.15, 0.2) is 0 Å². The molecule has 0 amide bonds. The number of fused-ring (bicyclic) bond motifs is 1. The molecule has 172 valence electrons. The van der Waals surface area contributed by atoms with Crippen molar-refractivity contribution in [2.75, 3.05) is 13.2 Å². The van der Waals surface area contributed by atoms with Gasteiger partial charge in [0.2, 0.25) is 0 Å². The number of ether oxygens (including phenoxy) is 3. The first-order valence-corrected chi connectivity index (χ1v) is 11.5. The van der Waals surface area contributed by atoms with Crippen molar-refractivity contribution >= 4 is 10.9 Å². The molecule has 34 heavy (non-hydrogen) atoms. The van der Waals surface area contributed by atoms with Gasteiger partial charge in [-0.05, 0) is 61.7 Å². The fraction of sp³-hybridized carbons (Fsp3) is 0.241. The minimum Gasteiger partial charge on any atom is -0.494 e. The van der Waals surface area contributed by atoms with E-state index in [4.69, 9.17) is 24.5 Å². The molecule has 3 aromatic carbocycles. The number of benzene rings is 3. The average molecular weight is 453 g/mol. The first-order valence-electron chi connectivity index (χ1n) is 11.5. The summed E-state index contributed by atoms with van der Waals surface area (Å²) in [5, 5.41) is 9.86. The van der Waals surface area contributed by atoms with E-state index in [2.05, 4.69) is 18.2 Å². The Morgan fingerprint density at radius 2 is 1.53 bits per heavy atom. The lowest BCUT2D eigenvalue weighted by Crippen LogP contribution is -2.06. The van der Waals surface area contributed by atoms with E-state index in [0.717, 1.165) is 52.1 Å². The lowest BCUT2D eigenvalue weighted by molar-refractivity contribution is 0.111. The molecule has 0 radical (unpaired) electrons. The fourth-order valence-corrected chi connectivity index (χ4v) is 3.67. The van der Waals surface area contributed by atoms with E-state index < -0.39 is 0 Å². The van der Waals surface area contributed by atoms with Crippen LogP contribution in [0.3, 0.4) is 0 Å². The zero-order valence-corrected chi connectivity index (χ0v) is 19.4. The van der Waals surface area contributed by atoms with Crippen LogP contribution in [0.5, 0.6) is 11.5 Å². The maximum atomic E-state index is 8.85. The summed E-state index contributed by atoms with van der Waals surface area (Å²) < 4.78 is 17.9. The summed E-state index contributed by atoms with van der Waals surface area (Å²) in [6, 6.07) is 27.5. The first kappa shape index (κ1) is 23.3. The summed E-state index contributed by atoms with van der Waals surface area (Å²) in [6.45, 7) is 4.23. The quantitative estimate of drug-likeness (QED) is 0.247. The monoisotopic (exact) mass is 452 g/mol. The molecule has 0 bridgehead atoms. The Morgan fingerprint density at radius 3 is 2.32 bits per heavy atom. The van der Waals surface area contributed by atoms with Crippen molar-refractivity contribution in [1.82, 2.24) is 4.98 Å².